The Balaban J connectivity index is 1.69. The van der Waals surface area contributed by atoms with Crippen molar-refractivity contribution in [2.75, 3.05) is 20.8 Å². The van der Waals surface area contributed by atoms with Crippen LogP contribution < -0.4 is 20.5 Å². The molecule has 0 bridgehead atoms. The first-order valence-corrected chi connectivity index (χ1v) is 9.85. The quantitative estimate of drug-likeness (QED) is 0.576. The molecule has 7 nitrogen and oxygen atoms in total. The molecule has 1 aliphatic rings. The second-order valence-corrected chi connectivity index (χ2v) is 7.63. The largest absolute Gasteiger partial charge is 0.493 e. The van der Waals surface area contributed by atoms with Gasteiger partial charge in [0.1, 0.15) is 5.60 Å². The summed E-state index contributed by atoms with van der Waals surface area (Å²) in [6.07, 6.45) is 0.680. The highest BCUT2D eigenvalue weighted by Gasteiger charge is 2.50. The second-order valence-electron chi connectivity index (χ2n) is 7.63. The number of ether oxygens (including phenoxy) is 3. The summed E-state index contributed by atoms with van der Waals surface area (Å²) >= 11 is 0. The van der Waals surface area contributed by atoms with Crippen LogP contribution >= 0.6 is 0 Å². The van der Waals surface area contributed by atoms with E-state index in [1.54, 1.807) is 33.3 Å². The van der Waals surface area contributed by atoms with E-state index < -0.39 is 17.7 Å². The monoisotopic (exact) mass is 412 g/mol. The van der Waals surface area contributed by atoms with Crippen molar-refractivity contribution in [2.24, 2.45) is 5.73 Å². The van der Waals surface area contributed by atoms with Crippen LogP contribution in [0.3, 0.4) is 0 Å². The molecule has 1 amide bonds. The maximum atomic E-state index is 12.9. The minimum Gasteiger partial charge on any atom is -0.493 e. The van der Waals surface area contributed by atoms with E-state index in [2.05, 4.69) is 5.32 Å². The molecule has 0 aromatic heterocycles. The Morgan fingerprint density at radius 3 is 2.33 bits per heavy atom. The Labute approximate surface area is 176 Å². The van der Waals surface area contributed by atoms with Gasteiger partial charge in [-0.15, -0.1) is 0 Å². The normalized spacial score (nSPS) is 19.5. The third-order valence-corrected chi connectivity index (χ3v) is 5.25. The lowest BCUT2D eigenvalue weighted by Crippen LogP contribution is -2.52. The molecule has 0 unspecified atom stereocenters. The maximum absolute atomic E-state index is 12.9. The zero-order chi connectivity index (χ0) is 21.7. The van der Waals surface area contributed by atoms with Crippen molar-refractivity contribution < 1.29 is 23.8 Å². The topological polar surface area (TPSA) is 103 Å². The Hall–Kier alpha value is -2.90. The number of amides is 1. The summed E-state index contributed by atoms with van der Waals surface area (Å²) in [5.41, 5.74) is 7.10. The minimum absolute atomic E-state index is 0.141. The lowest BCUT2D eigenvalue weighted by molar-refractivity contribution is -0.131. The van der Waals surface area contributed by atoms with Gasteiger partial charge in [0.25, 0.3) is 0 Å². The Morgan fingerprint density at radius 2 is 1.73 bits per heavy atom. The van der Waals surface area contributed by atoms with Gasteiger partial charge in [-0.1, -0.05) is 36.4 Å². The highest BCUT2D eigenvalue weighted by atomic mass is 16.6. The fourth-order valence-corrected chi connectivity index (χ4v) is 3.31. The number of nitrogens with one attached hydrogen (secondary N) is 1. The van der Waals surface area contributed by atoms with Gasteiger partial charge in [0.15, 0.2) is 17.3 Å². The van der Waals surface area contributed by atoms with Crippen LogP contribution in [0.5, 0.6) is 11.5 Å². The number of Topliss-reactive ketones (excluding diaryl/α,β-unsaturated/α-hetero) is 1. The van der Waals surface area contributed by atoms with Crippen molar-refractivity contribution >= 4 is 11.7 Å². The van der Waals surface area contributed by atoms with E-state index in [1.807, 2.05) is 36.4 Å². The summed E-state index contributed by atoms with van der Waals surface area (Å²) in [6.45, 7) is 2.10. The van der Waals surface area contributed by atoms with Gasteiger partial charge in [0.05, 0.1) is 32.9 Å². The van der Waals surface area contributed by atoms with Crippen molar-refractivity contribution in [1.29, 1.82) is 0 Å². The van der Waals surface area contributed by atoms with E-state index in [0.717, 1.165) is 11.1 Å². The zero-order valence-corrected chi connectivity index (χ0v) is 17.5. The van der Waals surface area contributed by atoms with Gasteiger partial charge >= 0.3 is 0 Å². The number of ketones is 1. The molecule has 7 heteroatoms. The molecule has 0 radical (unpaired) electrons. The van der Waals surface area contributed by atoms with Gasteiger partial charge in [0.2, 0.25) is 5.91 Å². The summed E-state index contributed by atoms with van der Waals surface area (Å²) in [6, 6.07) is 13.4. The number of hydrogen-bond donors (Lipinski definition) is 2. The molecule has 0 saturated carbocycles. The molecule has 2 aromatic rings. The van der Waals surface area contributed by atoms with Crippen LogP contribution in [0.4, 0.5) is 0 Å². The summed E-state index contributed by atoms with van der Waals surface area (Å²) in [4.78, 5) is 25.7. The summed E-state index contributed by atoms with van der Waals surface area (Å²) in [7, 11) is 3.11. The van der Waals surface area contributed by atoms with Gasteiger partial charge in [-0.2, -0.15) is 0 Å². The average Bonchev–Trinajstić information content (AvgIpc) is 3.51. The standard InChI is InChI=1S/C23H28N2O5/c1-23(14-30-23)21(26)18(12-15-7-5-4-6-8-15)25-22(27)17(24)11-16-9-10-19(28-2)20(13-16)29-3/h4-10,13,17-18H,11-12,14,24H2,1-3H3,(H,25,27)/t17-,18-,23+/m0/s1. The van der Waals surface area contributed by atoms with Crippen LogP contribution in [0.2, 0.25) is 0 Å². The summed E-state index contributed by atoms with van der Waals surface area (Å²) in [5, 5.41) is 2.83. The molecule has 3 atom stereocenters. The van der Waals surface area contributed by atoms with Crippen LogP contribution in [0.1, 0.15) is 18.1 Å². The van der Waals surface area contributed by atoms with Gasteiger partial charge in [-0.3, -0.25) is 9.59 Å². The van der Waals surface area contributed by atoms with E-state index in [1.165, 1.54) is 0 Å². The number of methoxy groups -OCH3 is 2. The van der Waals surface area contributed by atoms with E-state index >= 15 is 0 Å². The SMILES string of the molecule is COc1ccc(C[C@H](N)C(=O)N[C@@H](Cc2ccccc2)C(=O)[C@@]2(C)CO2)cc1OC. The fourth-order valence-electron chi connectivity index (χ4n) is 3.31. The second kappa shape index (κ2) is 9.28. The minimum atomic E-state index is -0.833. The molecule has 1 saturated heterocycles. The summed E-state index contributed by atoms with van der Waals surface area (Å²) in [5.74, 6) is 0.644. The highest BCUT2D eigenvalue weighted by molar-refractivity contribution is 5.97. The molecule has 160 valence electrons. The average molecular weight is 412 g/mol. The number of hydrogen-bond acceptors (Lipinski definition) is 6. The van der Waals surface area contributed by atoms with E-state index in [4.69, 9.17) is 19.9 Å². The molecule has 30 heavy (non-hydrogen) atoms. The van der Waals surface area contributed by atoms with Gasteiger partial charge < -0.3 is 25.3 Å². The number of carbonyl (C=O) groups is 2. The third kappa shape index (κ3) is 5.17. The third-order valence-electron chi connectivity index (χ3n) is 5.25. The van der Waals surface area contributed by atoms with Crippen LogP contribution in [0.25, 0.3) is 0 Å². The first kappa shape index (κ1) is 21.8. The van der Waals surface area contributed by atoms with E-state index in [-0.39, 0.29) is 11.7 Å². The van der Waals surface area contributed by atoms with Gasteiger partial charge in [-0.05, 0) is 43.0 Å². The number of carbonyl (C=O) groups excluding carboxylic acids is 2. The summed E-state index contributed by atoms with van der Waals surface area (Å²) < 4.78 is 15.8. The van der Waals surface area contributed by atoms with Crippen molar-refractivity contribution in [1.82, 2.24) is 5.32 Å². The smallest absolute Gasteiger partial charge is 0.237 e. The van der Waals surface area contributed by atoms with E-state index in [9.17, 15) is 9.59 Å². The molecule has 0 aliphatic carbocycles. The molecule has 0 spiro atoms. The van der Waals surface area contributed by atoms with Crippen molar-refractivity contribution in [3.05, 3.63) is 59.7 Å². The van der Waals surface area contributed by atoms with E-state index in [0.29, 0.717) is 30.9 Å². The molecular formula is C23H28N2O5. The fraction of sp³-hybridized carbons (Fsp3) is 0.391. The highest BCUT2D eigenvalue weighted by Crippen LogP contribution is 2.29. The molecular weight excluding hydrogens is 384 g/mol. The predicted octanol–water partition coefficient (Wildman–Crippen LogP) is 1.66. The van der Waals surface area contributed by atoms with Gasteiger partial charge in [0, 0.05) is 0 Å². The van der Waals surface area contributed by atoms with Crippen LogP contribution in [0.15, 0.2) is 48.5 Å². The number of benzene rings is 2. The van der Waals surface area contributed by atoms with Crippen molar-refractivity contribution in [2.45, 2.75) is 37.5 Å². The first-order valence-electron chi connectivity index (χ1n) is 9.85. The van der Waals surface area contributed by atoms with Crippen molar-refractivity contribution in [3.8, 4) is 11.5 Å². The number of nitrogens with two attached hydrogens (primary N) is 1. The zero-order valence-electron chi connectivity index (χ0n) is 17.5. The lowest BCUT2D eigenvalue weighted by Gasteiger charge is -2.22. The Bertz CT molecular complexity index is 896. The molecule has 3 N–H and O–H groups in total. The molecule has 1 heterocycles. The first-order chi connectivity index (χ1) is 14.4. The lowest BCUT2D eigenvalue weighted by atomic mass is 9.94. The molecule has 2 aromatic carbocycles. The van der Waals surface area contributed by atoms with Crippen LogP contribution in [0, 0.1) is 0 Å². The number of epoxide rings is 1. The maximum Gasteiger partial charge on any atom is 0.237 e. The Kier molecular flexibility index (Phi) is 6.74. The van der Waals surface area contributed by atoms with Crippen LogP contribution in [-0.2, 0) is 27.2 Å². The molecule has 1 aliphatic heterocycles. The van der Waals surface area contributed by atoms with Crippen LogP contribution in [-0.4, -0.2) is 50.2 Å². The Morgan fingerprint density at radius 1 is 1.07 bits per heavy atom. The molecule has 1 fully saturated rings. The van der Waals surface area contributed by atoms with Gasteiger partial charge in [-0.25, -0.2) is 0 Å². The predicted molar refractivity (Wildman–Crippen MR) is 113 cm³/mol. The number of rotatable bonds is 10. The van der Waals surface area contributed by atoms with Crippen molar-refractivity contribution in [3.63, 3.8) is 0 Å². The molecule has 3 rings (SSSR count).